The summed E-state index contributed by atoms with van der Waals surface area (Å²) >= 11 is 0. The smallest absolute Gasteiger partial charge is 0.157 e. The second-order valence-electron chi connectivity index (χ2n) is 7.31. The fraction of sp³-hybridized carbons (Fsp3) is 0.619. The van der Waals surface area contributed by atoms with Gasteiger partial charge in [0.1, 0.15) is 0 Å². The number of hydrogen-bond donors (Lipinski definition) is 1. The number of H-pyrrole nitrogens is 1. The molecule has 2 fully saturated rings. The first-order chi connectivity index (χ1) is 11.9. The lowest BCUT2D eigenvalue weighted by Crippen LogP contribution is -2.23. The van der Waals surface area contributed by atoms with Gasteiger partial charge in [-0.15, -0.1) is 0 Å². The van der Waals surface area contributed by atoms with Gasteiger partial charge in [-0.1, -0.05) is 37.5 Å². The Morgan fingerprint density at radius 2 is 1.83 bits per heavy atom. The minimum atomic E-state index is 0.0158. The van der Waals surface area contributed by atoms with Crippen molar-refractivity contribution in [1.82, 2.24) is 4.98 Å². The zero-order chi connectivity index (χ0) is 16.2. The van der Waals surface area contributed by atoms with E-state index in [1.165, 1.54) is 67.1 Å². The Hall–Kier alpha value is -1.32. The van der Waals surface area contributed by atoms with Crippen LogP contribution in [0, 0.1) is 0 Å². The van der Waals surface area contributed by atoms with Gasteiger partial charge in [-0.25, -0.2) is 0 Å². The highest BCUT2D eigenvalue weighted by Crippen LogP contribution is 2.37. The molecule has 0 radical (unpaired) electrons. The van der Waals surface area contributed by atoms with Crippen molar-refractivity contribution in [2.45, 2.75) is 70.0 Å². The van der Waals surface area contributed by atoms with Crippen LogP contribution in [0.2, 0.25) is 0 Å². The second kappa shape index (κ2) is 7.71. The molecule has 1 saturated carbocycles. The third-order valence-electron chi connectivity index (χ3n) is 5.65. The molecule has 2 aromatic rings. The minimum Gasteiger partial charge on any atom is -0.358 e. The van der Waals surface area contributed by atoms with E-state index in [-0.39, 0.29) is 6.29 Å². The highest BCUT2D eigenvalue weighted by Gasteiger charge is 2.22. The van der Waals surface area contributed by atoms with E-state index in [1.807, 2.05) is 0 Å². The molecule has 1 aliphatic carbocycles. The van der Waals surface area contributed by atoms with E-state index in [4.69, 9.17) is 9.47 Å². The number of benzene rings is 1. The van der Waals surface area contributed by atoms with Crippen molar-refractivity contribution >= 4 is 10.9 Å². The molecule has 1 saturated heterocycles. The molecule has 2 heterocycles. The van der Waals surface area contributed by atoms with E-state index in [9.17, 15) is 0 Å². The number of hydrogen-bond acceptors (Lipinski definition) is 2. The molecule has 1 N–H and O–H groups in total. The van der Waals surface area contributed by atoms with Gasteiger partial charge in [-0.2, -0.15) is 0 Å². The van der Waals surface area contributed by atoms with Crippen LogP contribution < -0.4 is 0 Å². The van der Waals surface area contributed by atoms with Crippen molar-refractivity contribution in [3.63, 3.8) is 0 Å². The highest BCUT2D eigenvalue weighted by molar-refractivity contribution is 5.84. The predicted molar refractivity (Wildman–Crippen MR) is 97.4 cm³/mol. The fourth-order valence-electron chi connectivity index (χ4n) is 4.37. The number of nitrogens with one attached hydrogen (secondary N) is 1. The summed E-state index contributed by atoms with van der Waals surface area (Å²) in [6.07, 6.45) is 11.2. The average Bonchev–Trinajstić information content (AvgIpc) is 3.02. The van der Waals surface area contributed by atoms with Crippen LogP contribution in [0.4, 0.5) is 0 Å². The first-order valence-electron chi connectivity index (χ1n) is 9.74. The Balaban J connectivity index is 1.50. The number of aromatic amines is 1. The molecule has 3 heteroatoms. The van der Waals surface area contributed by atoms with E-state index in [0.29, 0.717) is 5.92 Å². The first-order valence-corrected chi connectivity index (χ1v) is 9.74. The predicted octanol–water partition coefficient (Wildman–Crippen LogP) is 5.30. The van der Waals surface area contributed by atoms with Gasteiger partial charge < -0.3 is 14.5 Å². The zero-order valence-corrected chi connectivity index (χ0v) is 14.6. The molecule has 130 valence electrons. The average molecular weight is 327 g/mol. The molecule has 0 amide bonds. The molecule has 3 nitrogen and oxygen atoms in total. The van der Waals surface area contributed by atoms with E-state index in [2.05, 4.69) is 29.2 Å². The van der Waals surface area contributed by atoms with Gasteiger partial charge in [0.2, 0.25) is 0 Å². The minimum absolute atomic E-state index is 0.0158. The van der Waals surface area contributed by atoms with E-state index in [0.717, 1.165) is 26.1 Å². The summed E-state index contributed by atoms with van der Waals surface area (Å²) in [6, 6.07) is 8.73. The topological polar surface area (TPSA) is 34.2 Å². The molecule has 24 heavy (non-hydrogen) atoms. The molecule has 1 aromatic heterocycles. The molecule has 0 bridgehead atoms. The van der Waals surface area contributed by atoms with Crippen molar-refractivity contribution in [3.8, 4) is 0 Å². The van der Waals surface area contributed by atoms with Crippen molar-refractivity contribution in [1.29, 1.82) is 0 Å². The second-order valence-corrected chi connectivity index (χ2v) is 7.31. The van der Waals surface area contributed by atoms with Crippen LogP contribution in [-0.4, -0.2) is 24.5 Å². The van der Waals surface area contributed by atoms with Crippen molar-refractivity contribution in [3.05, 3.63) is 35.5 Å². The van der Waals surface area contributed by atoms with Gasteiger partial charge >= 0.3 is 0 Å². The summed E-state index contributed by atoms with van der Waals surface area (Å²) in [5, 5.41) is 1.38. The molecular weight excluding hydrogens is 298 g/mol. The van der Waals surface area contributed by atoms with Gasteiger partial charge in [0, 0.05) is 23.2 Å². The summed E-state index contributed by atoms with van der Waals surface area (Å²) in [6.45, 7) is 1.61. The SMILES string of the molecule is c1ccc2c(CCOC3CCCCO3)c(C3CCCCC3)[nH]c2c1. The van der Waals surface area contributed by atoms with Gasteiger partial charge in [-0.05, 0) is 56.1 Å². The lowest BCUT2D eigenvalue weighted by Gasteiger charge is -2.24. The molecule has 1 aliphatic heterocycles. The van der Waals surface area contributed by atoms with Gasteiger partial charge in [0.15, 0.2) is 6.29 Å². The van der Waals surface area contributed by atoms with Crippen LogP contribution in [0.25, 0.3) is 10.9 Å². The Morgan fingerprint density at radius 3 is 2.67 bits per heavy atom. The van der Waals surface area contributed by atoms with Gasteiger partial charge in [-0.3, -0.25) is 0 Å². The largest absolute Gasteiger partial charge is 0.358 e. The molecule has 1 atom stereocenters. The Kier molecular flexibility index (Phi) is 5.19. The summed E-state index contributed by atoms with van der Waals surface area (Å²) in [5.41, 5.74) is 4.24. The molecule has 2 aliphatic rings. The van der Waals surface area contributed by atoms with Crippen LogP contribution in [0.3, 0.4) is 0 Å². The van der Waals surface area contributed by atoms with Crippen LogP contribution in [0.15, 0.2) is 24.3 Å². The summed E-state index contributed by atoms with van der Waals surface area (Å²) in [5.74, 6) is 0.701. The number of rotatable bonds is 5. The van der Waals surface area contributed by atoms with Crippen LogP contribution in [-0.2, 0) is 15.9 Å². The van der Waals surface area contributed by atoms with Crippen LogP contribution in [0.5, 0.6) is 0 Å². The quantitative estimate of drug-likeness (QED) is 0.808. The summed E-state index contributed by atoms with van der Waals surface area (Å²) in [4.78, 5) is 3.74. The normalized spacial score (nSPS) is 22.9. The summed E-state index contributed by atoms with van der Waals surface area (Å²) in [7, 11) is 0. The summed E-state index contributed by atoms with van der Waals surface area (Å²) < 4.78 is 11.7. The van der Waals surface area contributed by atoms with Crippen molar-refractivity contribution in [2.75, 3.05) is 13.2 Å². The van der Waals surface area contributed by atoms with E-state index < -0.39 is 0 Å². The Morgan fingerprint density at radius 1 is 1.00 bits per heavy atom. The molecular formula is C21H29NO2. The Labute approximate surface area is 144 Å². The standard InChI is InChI=1S/C21H29NO2/c1-2-8-16(9-3-1)21-18(17-10-4-5-11-19(17)22-21)13-15-24-20-12-6-7-14-23-20/h4-5,10-11,16,20,22H,1-3,6-9,12-15H2. The lowest BCUT2D eigenvalue weighted by molar-refractivity contribution is -0.161. The molecule has 1 unspecified atom stereocenters. The third-order valence-corrected chi connectivity index (χ3v) is 5.65. The molecule has 4 rings (SSSR count). The van der Waals surface area contributed by atoms with Gasteiger partial charge in [0.05, 0.1) is 6.61 Å². The van der Waals surface area contributed by atoms with Crippen molar-refractivity contribution in [2.24, 2.45) is 0 Å². The van der Waals surface area contributed by atoms with Crippen LogP contribution >= 0.6 is 0 Å². The van der Waals surface area contributed by atoms with Gasteiger partial charge in [0.25, 0.3) is 0 Å². The Bertz CT molecular complexity index is 651. The van der Waals surface area contributed by atoms with E-state index >= 15 is 0 Å². The number of para-hydroxylation sites is 1. The zero-order valence-electron chi connectivity index (χ0n) is 14.6. The first kappa shape index (κ1) is 16.2. The third kappa shape index (κ3) is 3.52. The highest BCUT2D eigenvalue weighted by atomic mass is 16.7. The maximum Gasteiger partial charge on any atom is 0.157 e. The van der Waals surface area contributed by atoms with E-state index in [1.54, 1.807) is 0 Å². The monoisotopic (exact) mass is 327 g/mol. The van der Waals surface area contributed by atoms with Crippen LogP contribution in [0.1, 0.15) is 68.5 Å². The number of ether oxygens (including phenoxy) is 2. The lowest BCUT2D eigenvalue weighted by atomic mass is 9.85. The fourth-order valence-corrected chi connectivity index (χ4v) is 4.37. The number of aromatic nitrogens is 1. The molecule has 1 aromatic carbocycles. The molecule has 0 spiro atoms. The van der Waals surface area contributed by atoms with Crippen molar-refractivity contribution < 1.29 is 9.47 Å². The maximum atomic E-state index is 6.01. The number of fused-ring (bicyclic) bond motifs is 1. The maximum absolute atomic E-state index is 6.01.